The van der Waals surface area contributed by atoms with E-state index in [2.05, 4.69) is 37.2 Å². The first kappa shape index (κ1) is 73.3. The lowest BCUT2D eigenvalue weighted by Crippen LogP contribution is -3.08. The van der Waals surface area contributed by atoms with Crippen LogP contribution in [0.15, 0.2) is 95.4 Å². The predicted octanol–water partition coefficient (Wildman–Crippen LogP) is 1.07. The number of ether oxygens (including phenoxy) is 5. The molecule has 3 aliphatic rings. The van der Waals surface area contributed by atoms with Crippen LogP contribution in [0.2, 0.25) is 0 Å². The Morgan fingerprint density at radius 1 is 0.729 bits per heavy atom. The third-order valence-corrected chi connectivity index (χ3v) is 16.4. The Morgan fingerprint density at radius 3 is 2.10 bits per heavy atom. The van der Waals surface area contributed by atoms with E-state index in [1.165, 1.54) is 18.2 Å². The standard InChI is InChI=1S/C66H89N13O17/c1-45(2)60(70-24-30-77(89)29-23-69-58(80)19-34-91-36-38-93-40-41-94-39-37-92-35-31-76(88)25-7-33-79(90)32-6-11-59(79)81)63(84)74-53(10-5-20-71-65(67)86)62(83)72-48-14-12-46(13-15-48)61(82)73-49-16-17-55-47(42-49)43-57(95-55)64(85)78-26-18-51-50-8-3-4-9-52(50)56(44-54(51)78)96-66(87)75-27-21-68-22-28-75/h3-4,6,8-9,11-17,42-45,53,60,68,70,76-77H,5,7,10,18-41H2,1-2H3,(H,69,80)(H,72,83)(H,73,82)(H,74,84)(H3,67,71,86)/t53?,60-,79?/m0/s1. The lowest BCUT2D eigenvalue weighted by molar-refractivity contribution is -0.855. The number of nitrogens with two attached hydrogens (primary N) is 1. The van der Waals surface area contributed by atoms with E-state index in [1.54, 1.807) is 58.3 Å². The van der Waals surface area contributed by atoms with Crippen molar-refractivity contribution in [3.05, 3.63) is 124 Å². The highest BCUT2D eigenvalue weighted by Gasteiger charge is 2.33. The number of primary amides is 1. The second-order valence-electron chi connectivity index (χ2n) is 23.8. The number of furan rings is 1. The molecular weight excluding hydrogens is 1250 g/mol. The lowest BCUT2D eigenvalue weighted by atomic mass is 10.0. The summed E-state index contributed by atoms with van der Waals surface area (Å²) in [5.74, 6) is -2.46. The Morgan fingerprint density at radius 2 is 1.41 bits per heavy atom. The molecular formula is C66H89N13O17. The molecule has 4 aromatic carbocycles. The van der Waals surface area contributed by atoms with Crippen LogP contribution >= 0.6 is 0 Å². The van der Waals surface area contributed by atoms with Gasteiger partial charge in [-0.2, -0.15) is 0 Å². The molecule has 3 aliphatic heterocycles. The van der Waals surface area contributed by atoms with Crippen LogP contribution in [0, 0.1) is 21.5 Å². The number of piperazine rings is 1. The number of benzene rings is 4. The summed E-state index contributed by atoms with van der Waals surface area (Å²) in [6.07, 6.45) is 3.81. The van der Waals surface area contributed by atoms with Gasteiger partial charge < -0.3 is 107 Å². The Labute approximate surface area is 556 Å². The number of hydroxylamine groups is 7. The molecule has 5 aromatic rings. The molecule has 11 N–H and O–H groups in total. The van der Waals surface area contributed by atoms with Crippen molar-refractivity contribution >= 4 is 86.4 Å². The van der Waals surface area contributed by atoms with E-state index in [4.69, 9.17) is 33.8 Å². The predicted molar refractivity (Wildman–Crippen MR) is 356 cm³/mol. The molecule has 5 atom stereocenters. The minimum absolute atomic E-state index is 0.0284. The number of anilines is 3. The van der Waals surface area contributed by atoms with E-state index >= 15 is 0 Å². The van der Waals surface area contributed by atoms with Crippen LogP contribution < -0.4 is 62.7 Å². The van der Waals surface area contributed by atoms with Crippen molar-refractivity contribution in [3.63, 3.8) is 0 Å². The highest BCUT2D eigenvalue weighted by Crippen LogP contribution is 2.41. The zero-order chi connectivity index (χ0) is 68.4. The van der Waals surface area contributed by atoms with Gasteiger partial charge in [-0.15, -0.1) is 0 Å². The molecule has 0 spiro atoms. The van der Waals surface area contributed by atoms with Crippen molar-refractivity contribution in [1.29, 1.82) is 0 Å². The molecule has 0 bridgehead atoms. The van der Waals surface area contributed by atoms with Gasteiger partial charge >= 0.3 is 18.0 Å². The Kier molecular flexibility index (Phi) is 28.4. The zero-order valence-corrected chi connectivity index (χ0v) is 54.3. The summed E-state index contributed by atoms with van der Waals surface area (Å²) in [6.45, 7) is 9.81. The van der Waals surface area contributed by atoms with Gasteiger partial charge in [-0.05, 0) is 90.7 Å². The van der Waals surface area contributed by atoms with Crippen LogP contribution in [-0.4, -0.2) is 214 Å². The first-order valence-corrected chi connectivity index (χ1v) is 32.6. The molecule has 30 nitrogen and oxygen atoms in total. The summed E-state index contributed by atoms with van der Waals surface area (Å²) in [7, 11) is 0. The number of rotatable bonds is 39. The quantitative estimate of drug-likeness (QED) is 0.0114. The third-order valence-electron chi connectivity index (χ3n) is 16.4. The lowest BCUT2D eigenvalue weighted by Gasteiger charge is -2.35. The minimum Gasteiger partial charge on any atom is -0.634 e. The molecule has 520 valence electrons. The van der Waals surface area contributed by atoms with E-state index in [0.29, 0.717) is 112 Å². The molecule has 96 heavy (non-hydrogen) atoms. The largest absolute Gasteiger partial charge is 0.634 e. The Balaban J connectivity index is 0.708. The van der Waals surface area contributed by atoms with Crippen molar-refractivity contribution in [2.24, 2.45) is 11.7 Å². The van der Waals surface area contributed by atoms with E-state index in [1.807, 2.05) is 38.1 Å². The van der Waals surface area contributed by atoms with Gasteiger partial charge in [-0.1, -0.05) is 38.1 Å². The highest BCUT2D eigenvalue weighted by molar-refractivity contribution is 6.11. The van der Waals surface area contributed by atoms with Gasteiger partial charge in [0, 0.05) is 98.5 Å². The summed E-state index contributed by atoms with van der Waals surface area (Å²) in [5.41, 5.74) is 8.29. The second kappa shape index (κ2) is 37.1. The van der Waals surface area contributed by atoms with Crippen molar-refractivity contribution in [2.45, 2.75) is 58.0 Å². The maximum Gasteiger partial charge on any atom is 0.415 e. The van der Waals surface area contributed by atoms with E-state index < -0.39 is 52.5 Å². The number of nitrogens with one attached hydrogen (secondary N) is 9. The maximum atomic E-state index is 14.2. The van der Waals surface area contributed by atoms with Gasteiger partial charge in [0.05, 0.1) is 97.3 Å². The van der Waals surface area contributed by atoms with Gasteiger partial charge in [-0.3, -0.25) is 28.6 Å². The number of carbonyl (C=O) groups is 8. The molecule has 8 rings (SSSR count). The molecule has 4 heterocycles. The number of carbonyl (C=O) groups excluding carboxylic acids is 8. The molecule has 9 amide bonds. The van der Waals surface area contributed by atoms with Crippen LogP contribution in [0.3, 0.4) is 0 Å². The van der Waals surface area contributed by atoms with Crippen molar-refractivity contribution in [2.75, 3.05) is 160 Å². The minimum atomic E-state index is -1.07. The maximum absolute atomic E-state index is 14.2. The van der Waals surface area contributed by atoms with E-state index in [-0.39, 0.29) is 137 Å². The number of urea groups is 1. The fourth-order valence-electron chi connectivity index (χ4n) is 11.2. The van der Waals surface area contributed by atoms with Crippen molar-refractivity contribution in [1.82, 2.24) is 31.5 Å². The molecule has 30 heteroatoms. The number of fused-ring (bicyclic) bond motifs is 4. The number of quaternary nitrogens is 3. The summed E-state index contributed by atoms with van der Waals surface area (Å²) >= 11 is 0. The SMILES string of the molecule is CC(C)[C@H](NCC[NH+]([O-])CCNC(=O)CCOCCOCCOCCOCC[NH+]([O-])CCC[N+]1([O-])CC=CC1=O)C(=O)NC(CCCNC(N)=O)C(=O)Nc1ccc(C(=O)Nc2ccc3oc(C(=O)N4CCc5c4cc(OC(=O)N4CCNCC4)c4ccccc54)cc3c2)cc1. The molecule has 0 aliphatic carbocycles. The second-order valence-corrected chi connectivity index (χ2v) is 23.8. The van der Waals surface area contributed by atoms with Crippen LogP contribution in [0.5, 0.6) is 5.75 Å². The van der Waals surface area contributed by atoms with Crippen LogP contribution in [-0.2, 0) is 44.5 Å². The number of hydrogen-bond acceptors (Lipinski definition) is 19. The highest BCUT2D eigenvalue weighted by atomic mass is 16.6. The van der Waals surface area contributed by atoms with Gasteiger partial charge in [0.25, 0.3) is 11.8 Å². The van der Waals surface area contributed by atoms with Crippen molar-refractivity contribution in [3.8, 4) is 5.75 Å². The summed E-state index contributed by atoms with van der Waals surface area (Å²) in [4.78, 5) is 107. The first-order chi connectivity index (χ1) is 46.3. The van der Waals surface area contributed by atoms with Gasteiger partial charge in [0.2, 0.25) is 17.7 Å². The van der Waals surface area contributed by atoms with Crippen LogP contribution in [0.4, 0.5) is 26.7 Å². The summed E-state index contributed by atoms with van der Waals surface area (Å²) in [6, 6.07) is 19.5. The fraction of sp³-hybridized carbons (Fsp3) is 0.485. The number of nitrogens with zero attached hydrogens (tertiary/aromatic N) is 3. The average Bonchev–Trinajstić information content (AvgIpc) is 1.55. The summed E-state index contributed by atoms with van der Waals surface area (Å²) in [5, 5.41) is 59.3. The normalized spacial score (nSPS) is 16.5. The molecule has 0 saturated carbocycles. The van der Waals surface area contributed by atoms with Crippen LogP contribution in [0.25, 0.3) is 21.7 Å². The fourth-order valence-corrected chi connectivity index (χ4v) is 11.2. The van der Waals surface area contributed by atoms with Gasteiger partial charge in [-0.25, -0.2) is 14.4 Å². The average molecular weight is 1340 g/mol. The van der Waals surface area contributed by atoms with E-state index in [9.17, 15) is 54.0 Å². The smallest absolute Gasteiger partial charge is 0.415 e. The van der Waals surface area contributed by atoms with Gasteiger partial charge in [0.1, 0.15) is 30.5 Å². The molecule has 0 radical (unpaired) electrons. The van der Waals surface area contributed by atoms with Crippen LogP contribution in [0.1, 0.15) is 66.0 Å². The van der Waals surface area contributed by atoms with Crippen molar-refractivity contribution < 1.29 is 81.2 Å². The third kappa shape index (κ3) is 22.0. The topological polar surface area (TPSA) is 391 Å². The molecule has 1 aromatic heterocycles. The summed E-state index contributed by atoms with van der Waals surface area (Å²) < 4.78 is 33.0. The van der Waals surface area contributed by atoms with Gasteiger partial charge in [0.15, 0.2) is 5.76 Å². The molecule has 1 saturated heterocycles. The number of hydrogen-bond donors (Lipinski definition) is 10. The zero-order valence-electron chi connectivity index (χ0n) is 54.3. The Bertz CT molecular complexity index is 3470. The van der Waals surface area contributed by atoms with E-state index in [0.717, 1.165) is 16.3 Å². The Hall–Kier alpha value is -8.50. The number of amides is 9. The first-order valence-electron chi connectivity index (χ1n) is 32.6. The monoisotopic (exact) mass is 1340 g/mol. The molecule has 1 fully saturated rings. The molecule has 4 unspecified atom stereocenters.